The molecular formula is C20H23N3O4. The molecule has 2 rings (SSSR count). The summed E-state index contributed by atoms with van der Waals surface area (Å²) in [7, 11) is 2.82. The van der Waals surface area contributed by atoms with Crippen LogP contribution in [-0.2, 0) is 14.4 Å². The monoisotopic (exact) mass is 369 g/mol. The van der Waals surface area contributed by atoms with Crippen LogP contribution >= 0.6 is 0 Å². The Hall–Kier alpha value is -3.11. The van der Waals surface area contributed by atoms with E-state index in [1.807, 2.05) is 13.0 Å². The topological polar surface area (TPSA) is 82.0 Å². The molecule has 1 N–H and O–H groups in total. The molecule has 142 valence electrons. The quantitative estimate of drug-likeness (QED) is 0.351. The molecule has 7 nitrogen and oxygen atoms in total. The number of methoxy groups -OCH3 is 1. The highest BCUT2D eigenvalue weighted by Crippen LogP contribution is 2.25. The summed E-state index contributed by atoms with van der Waals surface area (Å²) in [4.78, 5) is 21.5. The van der Waals surface area contributed by atoms with Gasteiger partial charge in [0.25, 0.3) is 12.2 Å². The number of pyridine rings is 1. The van der Waals surface area contributed by atoms with E-state index in [9.17, 15) is 4.79 Å². The molecule has 7 heteroatoms. The zero-order valence-electron chi connectivity index (χ0n) is 16.1. The van der Waals surface area contributed by atoms with Crippen molar-refractivity contribution in [1.82, 2.24) is 10.3 Å². The summed E-state index contributed by atoms with van der Waals surface area (Å²) in [6.45, 7) is 5.45. The summed E-state index contributed by atoms with van der Waals surface area (Å²) in [5, 5.41) is 7.28. The second kappa shape index (κ2) is 8.52. The number of oxime groups is 1. The molecule has 1 aromatic heterocycles. The van der Waals surface area contributed by atoms with Crippen LogP contribution in [0.25, 0.3) is 10.9 Å². The average molecular weight is 369 g/mol. The highest BCUT2D eigenvalue weighted by atomic mass is 16.7. The van der Waals surface area contributed by atoms with Gasteiger partial charge in [0.15, 0.2) is 0 Å². The fourth-order valence-electron chi connectivity index (χ4n) is 2.47. The van der Waals surface area contributed by atoms with Gasteiger partial charge in [-0.25, -0.2) is 0 Å². The summed E-state index contributed by atoms with van der Waals surface area (Å²) in [6, 6.07) is 5.41. The third kappa shape index (κ3) is 5.19. The number of terminal acetylenes is 1. The predicted molar refractivity (Wildman–Crippen MR) is 104 cm³/mol. The van der Waals surface area contributed by atoms with Crippen LogP contribution in [0.4, 0.5) is 0 Å². The van der Waals surface area contributed by atoms with Crippen LogP contribution in [0.2, 0.25) is 0 Å². The summed E-state index contributed by atoms with van der Waals surface area (Å²) in [5.74, 6) is 2.58. The molecule has 0 saturated heterocycles. The maximum atomic E-state index is 12.5. The molecule has 1 unspecified atom stereocenters. The van der Waals surface area contributed by atoms with E-state index in [1.54, 1.807) is 32.2 Å². The lowest BCUT2D eigenvalue weighted by Gasteiger charge is -2.24. The van der Waals surface area contributed by atoms with Gasteiger partial charge in [0.2, 0.25) is 0 Å². The van der Waals surface area contributed by atoms with Crippen LogP contribution in [0.15, 0.2) is 29.6 Å². The average Bonchev–Trinajstić information content (AvgIpc) is 2.63. The molecule has 1 atom stereocenters. The number of aryl methyl sites for hydroxylation is 1. The van der Waals surface area contributed by atoms with Gasteiger partial charge >= 0.3 is 0 Å². The van der Waals surface area contributed by atoms with Crippen LogP contribution in [0.5, 0.6) is 5.75 Å². The molecule has 0 bridgehead atoms. The van der Waals surface area contributed by atoms with E-state index in [-0.39, 0.29) is 0 Å². The minimum atomic E-state index is -1.14. The largest absolute Gasteiger partial charge is 0.455 e. The molecule has 0 aliphatic carbocycles. The molecule has 2 aromatic rings. The van der Waals surface area contributed by atoms with Crippen molar-refractivity contribution in [1.29, 1.82) is 0 Å². The fraction of sp³-hybridized carbons (Fsp3) is 0.350. The number of carbonyl (C=O) groups excluding carboxylic acids is 1. The highest BCUT2D eigenvalue weighted by Gasteiger charge is 2.26. The highest BCUT2D eigenvalue weighted by molar-refractivity contribution is 5.86. The van der Waals surface area contributed by atoms with Crippen molar-refractivity contribution in [3.8, 4) is 18.1 Å². The van der Waals surface area contributed by atoms with E-state index in [0.717, 1.165) is 16.5 Å². The van der Waals surface area contributed by atoms with Crippen LogP contribution in [0.3, 0.4) is 0 Å². The molecule has 1 amide bonds. The smallest absolute Gasteiger partial charge is 0.290 e. The first kappa shape index (κ1) is 20.2. The van der Waals surface area contributed by atoms with E-state index in [2.05, 4.69) is 26.2 Å². The minimum Gasteiger partial charge on any atom is -0.455 e. The number of hydrogen-bond acceptors (Lipinski definition) is 6. The van der Waals surface area contributed by atoms with E-state index < -0.39 is 17.7 Å². The van der Waals surface area contributed by atoms with Crippen molar-refractivity contribution in [2.45, 2.75) is 32.6 Å². The van der Waals surface area contributed by atoms with E-state index >= 15 is 0 Å². The maximum Gasteiger partial charge on any atom is 0.290 e. The lowest BCUT2D eigenvalue weighted by Crippen LogP contribution is -2.51. The molecule has 0 aliphatic rings. The van der Waals surface area contributed by atoms with Crippen molar-refractivity contribution in [2.24, 2.45) is 5.16 Å². The SMILES string of the molecule is C#Cc1cnc2c(C)cc(OC(OC)C(=O)NC(C)(C)C=NOC)cc2c1. The van der Waals surface area contributed by atoms with E-state index in [0.29, 0.717) is 11.3 Å². The van der Waals surface area contributed by atoms with Crippen LogP contribution in [0, 0.1) is 19.3 Å². The Morgan fingerprint density at radius 1 is 1.37 bits per heavy atom. The third-order valence-electron chi connectivity index (χ3n) is 3.71. The zero-order chi connectivity index (χ0) is 20.0. The molecular weight excluding hydrogens is 346 g/mol. The van der Waals surface area contributed by atoms with Gasteiger partial charge in [-0.1, -0.05) is 11.1 Å². The molecule has 27 heavy (non-hydrogen) atoms. The summed E-state index contributed by atoms with van der Waals surface area (Å²) < 4.78 is 11.0. The number of ether oxygens (including phenoxy) is 2. The molecule has 0 fully saturated rings. The van der Waals surface area contributed by atoms with Gasteiger partial charge in [-0.2, -0.15) is 0 Å². The molecule has 0 spiro atoms. The normalized spacial score (nSPS) is 12.6. The molecule has 1 aromatic carbocycles. The van der Waals surface area contributed by atoms with Crippen molar-refractivity contribution in [3.63, 3.8) is 0 Å². The number of rotatable bonds is 7. The Kier molecular flexibility index (Phi) is 6.37. The first-order valence-corrected chi connectivity index (χ1v) is 8.26. The predicted octanol–water partition coefficient (Wildman–Crippen LogP) is 2.40. The summed E-state index contributed by atoms with van der Waals surface area (Å²) >= 11 is 0. The number of benzene rings is 1. The number of hydrogen-bond donors (Lipinski definition) is 1. The van der Waals surface area contributed by atoms with Crippen LogP contribution in [0.1, 0.15) is 25.0 Å². The van der Waals surface area contributed by atoms with Crippen LogP contribution < -0.4 is 10.1 Å². The van der Waals surface area contributed by atoms with Gasteiger partial charge in [-0.3, -0.25) is 9.78 Å². The standard InChI is InChI=1S/C20H23N3O4/c1-7-14-9-15-10-16(8-13(2)17(15)21-11-14)27-19(25-5)18(24)23-20(3,4)12-22-26-6/h1,8-12,19H,2-6H3,(H,23,24). The fourth-order valence-corrected chi connectivity index (χ4v) is 2.47. The Morgan fingerprint density at radius 3 is 2.74 bits per heavy atom. The van der Waals surface area contributed by atoms with Gasteiger partial charge in [-0.15, -0.1) is 6.42 Å². The number of amides is 1. The Labute approximate surface area is 158 Å². The summed E-state index contributed by atoms with van der Waals surface area (Å²) in [6.07, 6.45) is 7.42. The Morgan fingerprint density at radius 2 is 2.11 bits per heavy atom. The second-order valence-corrected chi connectivity index (χ2v) is 6.49. The Bertz CT molecular complexity index is 900. The molecule has 0 aliphatic heterocycles. The zero-order valence-corrected chi connectivity index (χ0v) is 16.1. The third-order valence-corrected chi connectivity index (χ3v) is 3.71. The Balaban J connectivity index is 2.24. The van der Waals surface area contributed by atoms with Gasteiger partial charge in [0, 0.05) is 24.3 Å². The van der Waals surface area contributed by atoms with E-state index in [4.69, 9.17) is 15.9 Å². The number of nitrogens with zero attached hydrogens (tertiary/aromatic N) is 2. The first-order valence-electron chi connectivity index (χ1n) is 8.26. The number of aromatic nitrogens is 1. The van der Waals surface area contributed by atoms with Gasteiger partial charge in [0.05, 0.1) is 17.3 Å². The second-order valence-electron chi connectivity index (χ2n) is 6.49. The minimum absolute atomic E-state index is 0.446. The lowest BCUT2D eigenvalue weighted by molar-refractivity contribution is -0.149. The van der Waals surface area contributed by atoms with Gasteiger partial charge in [0.1, 0.15) is 12.9 Å². The maximum absolute atomic E-state index is 12.5. The number of carbonyl (C=O) groups is 1. The van der Waals surface area contributed by atoms with Crippen LogP contribution in [-0.4, -0.2) is 43.2 Å². The van der Waals surface area contributed by atoms with Crippen molar-refractivity contribution >= 4 is 23.0 Å². The summed E-state index contributed by atoms with van der Waals surface area (Å²) in [5.41, 5.74) is 1.64. The van der Waals surface area contributed by atoms with Gasteiger partial charge in [-0.05, 0) is 44.5 Å². The lowest BCUT2D eigenvalue weighted by atomic mass is 10.1. The first-order chi connectivity index (χ1) is 12.8. The molecule has 1 heterocycles. The van der Waals surface area contributed by atoms with Gasteiger partial charge < -0.3 is 19.6 Å². The number of fused-ring (bicyclic) bond motifs is 1. The van der Waals surface area contributed by atoms with Crippen molar-refractivity contribution in [3.05, 3.63) is 35.5 Å². The number of nitrogens with one attached hydrogen (secondary N) is 1. The molecule has 0 radical (unpaired) electrons. The van der Waals surface area contributed by atoms with E-state index in [1.165, 1.54) is 20.4 Å². The van der Waals surface area contributed by atoms with Crippen molar-refractivity contribution < 1.29 is 19.1 Å². The van der Waals surface area contributed by atoms with Crippen molar-refractivity contribution in [2.75, 3.05) is 14.2 Å². The molecule has 0 saturated carbocycles.